The first kappa shape index (κ1) is 28.2. The van der Waals surface area contributed by atoms with E-state index in [2.05, 4.69) is 14.8 Å². The van der Waals surface area contributed by atoms with Crippen LogP contribution in [0.4, 0.5) is 14.5 Å². The van der Waals surface area contributed by atoms with Gasteiger partial charge in [-0.3, -0.25) is 19.2 Å². The molecule has 8 nitrogen and oxygen atoms in total. The molecule has 1 aliphatic heterocycles. The molecule has 0 atom stereocenters. The van der Waals surface area contributed by atoms with Gasteiger partial charge >= 0.3 is 11.7 Å². The van der Waals surface area contributed by atoms with Gasteiger partial charge in [0.2, 0.25) is 0 Å². The third-order valence-corrected chi connectivity index (χ3v) is 7.01. The molecule has 0 radical (unpaired) electrons. The lowest BCUT2D eigenvalue weighted by molar-refractivity contribution is 0.0520. The number of rotatable bonds is 11. The van der Waals surface area contributed by atoms with Crippen molar-refractivity contribution in [1.82, 2.24) is 14.5 Å². The molecule has 0 amide bonds. The highest BCUT2D eigenvalue weighted by atomic mass is 19.2. The number of H-pyrrole nitrogens is 1. The van der Waals surface area contributed by atoms with Gasteiger partial charge in [-0.25, -0.2) is 18.4 Å². The SMILES string of the molecule is CCOC(=O)c1[nH]c(=O)n(CCCCCN2CCN(c3ccccc3C(C)=O)CC2)c1-c1ccc(F)c(F)c1. The van der Waals surface area contributed by atoms with Gasteiger partial charge in [-0.2, -0.15) is 0 Å². The Morgan fingerprint density at radius 3 is 2.36 bits per heavy atom. The van der Waals surface area contributed by atoms with Gasteiger partial charge < -0.3 is 9.64 Å². The van der Waals surface area contributed by atoms with Crippen LogP contribution >= 0.6 is 0 Å². The molecular weight excluding hydrogens is 506 g/mol. The Kier molecular flexibility index (Phi) is 9.29. The van der Waals surface area contributed by atoms with Crippen molar-refractivity contribution in [3.05, 3.63) is 75.8 Å². The zero-order chi connectivity index (χ0) is 27.9. The number of aromatic amines is 1. The number of unbranched alkanes of at least 4 members (excludes halogenated alkanes) is 2. The van der Waals surface area contributed by atoms with Crippen molar-refractivity contribution in [2.45, 2.75) is 39.7 Å². The normalized spacial score (nSPS) is 14.0. The Balaban J connectivity index is 1.33. The van der Waals surface area contributed by atoms with E-state index in [-0.39, 0.29) is 29.3 Å². The number of nitrogens with zero attached hydrogens (tertiary/aromatic N) is 3. The minimum absolute atomic E-state index is 0.0663. The molecular formula is C29H34F2N4O4. The number of esters is 1. The highest BCUT2D eigenvalue weighted by molar-refractivity contribution is 5.99. The molecule has 1 fully saturated rings. The number of piperazine rings is 1. The van der Waals surface area contributed by atoms with E-state index in [1.54, 1.807) is 13.8 Å². The summed E-state index contributed by atoms with van der Waals surface area (Å²) >= 11 is 0. The highest BCUT2D eigenvalue weighted by Gasteiger charge is 2.24. The van der Waals surface area contributed by atoms with Crippen molar-refractivity contribution in [3.63, 3.8) is 0 Å². The quantitative estimate of drug-likeness (QED) is 0.219. The Morgan fingerprint density at radius 2 is 1.67 bits per heavy atom. The molecule has 39 heavy (non-hydrogen) atoms. The summed E-state index contributed by atoms with van der Waals surface area (Å²) in [5.41, 5.74) is 1.58. The van der Waals surface area contributed by atoms with Gasteiger partial charge in [0.25, 0.3) is 0 Å². The molecule has 1 aromatic heterocycles. The molecule has 3 aromatic rings. The molecule has 0 bridgehead atoms. The van der Waals surface area contributed by atoms with Crippen molar-refractivity contribution >= 4 is 17.4 Å². The molecule has 2 aromatic carbocycles. The number of nitrogens with one attached hydrogen (secondary N) is 1. The van der Waals surface area contributed by atoms with Crippen molar-refractivity contribution < 1.29 is 23.1 Å². The number of halogens is 2. The zero-order valence-corrected chi connectivity index (χ0v) is 22.3. The number of benzene rings is 2. The number of hydrogen-bond acceptors (Lipinski definition) is 6. The molecule has 1 N–H and O–H groups in total. The van der Waals surface area contributed by atoms with Crippen LogP contribution in [-0.2, 0) is 11.3 Å². The summed E-state index contributed by atoms with van der Waals surface area (Å²) in [6.45, 7) is 8.06. The lowest BCUT2D eigenvalue weighted by Gasteiger charge is -2.36. The first-order chi connectivity index (χ1) is 18.8. The molecule has 0 saturated carbocycles. The Hall–Kier alpha value is -3.79. The van der Waals surface area contributed by atoms with E-state index in [1.807, 2.05) is 24.3 Å². The minimum Gasteiger partial charge on any atom is -0.461 e. The summed E-state index contributed by atoms with van der Waals surface area (Å²) in [5, 5.41) is 0. The average molecular weight is 541 g/mol. The number of para-hydroxylation sites is 1. The first-order valence-corrected chi connectivity index (χ1v) is 13.3. The molecule has 2 heterocycles. The zero-order valence-electron chi connectivity index (χ0n) is 22.3. The Morgan fingerprint density at radius 1 is 0.949 bits per heavy atom. The van der Waals surface area contributed by atoms with E-state index in [9.17, 15) is 23.2 Å². The Bertz CT molecular complexity index is 1380. The number of imidazole rings is 1. The maximum Gasteiger partial charge on any atom is 0.357 e. The van der Waals surface area contributed by atoms with Crippen LogP contribution in [0.25, 0.3) is 11.3 Å². The lowest BCUT2D eigenvalue weighted by Crippen LogP contribution is -2.47. The van der Waals surface area contributed by atoms with Crippen molar-refractivity contribution in [2.75, 3.05) is 44.2 Å². The fourth-order valence-electron chi connectivity index (χ4n) is 5.02. The molecule has 10 heteroatoms. The second-order valence-electron chi connectivity index (χ2n) is 9.62. The fraction of sp³-hybridized carbons (Fsp3) is 0.414. The van der Waals surface area contributed by atoms with E-state index in [4.69, 9.17) is 4.74 Å². The second-order valence-corrected chi connectivity index (χ2v) is 9.62. The molecule has 0 aliphatic carbocycles. The first-order valence-electron chi connectivity index (χ1n) is 13.3. The van der Waals surface area contributed by atoms with Gasteiger partial charge in [-0.15, -0.1) is 0 Å². The van der Waals surface area contributed by atoms with Crippen LogP contribution in [0.15, 0.2) is 47.3 Å². The predicted molar refractivity (Wildman–Crippen MR) is 145 cm³/mol. The van der Waals surface area contributed by atoms with Crippen LogP contribution < -0.4 is 10.6 Å². The molecule has 1 aliphatic rings. The van der Waals surface area contributed by atoms with Gasteiger partial charge in [0.15, 0.2) is 23.1 Å². The lowest BCUT2D eigenvalue weighted by atomic mass is 10.1. The van der Waals surface area contributed by atoms with Crippen molar-refractivity contribution in [1.29, 1.82) is 0 Å². The maximum atomic E-state index is 14.0. The van der Waals surface area contributed by atoms with Crippen LogP contribution in [0.2, 0.25) is 0 Å². The summed E-state index contributed by atoms with van der Waals surface area (Å²) in [7, 11) is 0. The summed E-state index contributed by atoms with van der Waals surface area (Å²) in [4.78, 5) is 44.4. The number of anilines is 1. The van der Waals surface area contributed by atoms with Gasteiger partial charge in [0, 0.05) is 49.5 Å². The second kappa shape index (κ2) is 12.8. The molecule has 0 unspecified atom stereocenters. The number of carbonyl (C=O) groups is 2. The topological polar surface area (TPSA) is 87.6 Å². The fourth-order valence-corrected chi connectivity index (χ4v) is 5.02. The highest BCUT2D eigenvalue weighted by Crippen LogP contribution is 2.26. The van der Waals surface area contributed by atoms with E-state index in [0.717, 1.165) is 68.9 Å². The maximum absolute atomic E-state index is 14.0. The minimum atomic E-state index is -1.06. The van der Waals surface area contributed by atoms with Crippen LogP contribution in [-0.4, -0.2) is 65.5 Å². The molecule has 4 rings (SSSR count). The summed E-state index contributed by atoms with van der Waals surface area (Å²) in [6, 6.07) is 11.0. The van der Waals surface area contributed by atoms with Gasteiger partial charge in [-0.05, 0) is 63.6 Å². The van der Waals surface area contributed by atoms with Gasteiger partial charge in [0.05, 0.1) is 12.3 Å². The van der Waals surface area contributed by atoms with Crippen LogP contribution in [0.5, 0.6) is 0 Å². The third kappa shape index (κ3) is 6.62. The summed E-state index contributed by atoms with van der Waals surface area (Å²) < 4.78 is 34.0. The largest absolute Gasteiger partial charge is 0.461 e. The number of ketones is 1. The summed E-state index contributed by atoms with van der Waals surface area (Å²) in [5.74, 6) is -2.73. The monoisotopic (exact) mass is 540 g/mol. The van der Waals surface area contributed by atoms with Crippen molar-refractivity contribution in [3.8, 4) is 11.3 Å². The van der Waals surface area contributed by atoms with E-state index in [1.165, 1.54) is 10.6 Å². The van der Waals surface area contributed by atoms with E-state index < -0.39 is 23.3 Å². The third-order valence-electron chi connectivity index (χ3n) is 7.01. The number of Topliss-reactive ketones (excluding diaryl/α,β-unsaturated/α-hetero) is 1. The van der Waals surface area contributed by atoms with Crippen LogP contribution in [0, 0.1) is 11.6 Å². The number of aromatic nitrogens is 2. The van der Waals surface area contributed by atoms with E-state index in [0.29, 0.717) is 13.0 Å². The predicted octanol–water partition coefficient (Wildman–Crippen LogP) is 4.49. The molecule has 0 spiro atoms. The summed E-state index contributed by atoms with van der Waals surface area (Å²) in [6.07, 6.45) is 2.44. The van der Waals surface area contributed by atoms with E-state index >= 15 is 0 Å². The van der Waals surface area contributed by atoms with Gasteiger partial charge in [0.1, 0.15) is 0 Å². The van der Waals surface area contributed by atoms with Gasteiger partial charge in [-0.1, -0.05) is 18.6 Å². The van der Waals surface area contributed by atoms with Crippen molar-refractivity contribution in [2.24, 2.45) is 0 Å². The standard InChI is InChI=1S/C29H34F2N4O4/c1-3-39-28(37)26-27(21-11-12-23(30)24(31)19-21)35(29(38)32-26)14-8-4-7-13-33-15-17-34(18-16-33)25-10-6-5-9-22(25)20(2)36/h5-6,9-12,19H,3-4,7-8,13-18H2,1-2H3,(H,32,38). The number of carbonyl (C=O) groups excluding carboxylic acids is 2. The van der Waals surface area contributed by atoms with Crippen LogP contribution in [0.1, 0.15) is 54.0 Å². The number of ether oxygens (including phenoxy) is 1. The molecule has 208 valence electrons. The Labute approximate surface area is 226 Å². The smallest absolute Gasteiger partial charge is 0.357 e. The average Bonchev–Trinajstić information content (AvgIpc) is 3.26. The van der Waals surface area contributed by atoms with Crippen LogP contribution in [0.3, 0.4) is 0 Å². The number of hydrogen-bond donors (Lipinski definition) is 1. The molecule has 1 saturated heterocycles.